The Morgan fingerprint density at radius 2 is 1.83 bits per heavy atom. The van der Waals surface area contributed by atoms with Gasteiger partial charge in [0.1, 0.15) is 11.6 Å². The first-order valence-electron chi connectivity index (χ1n) is 5.30. The Balaban J connectivity index is 1.87. The van der Waals surface area contributed by atoms with Gasteiger partial charge in [0, 0.05) is 18.0 Å². The number of nitrogens with one attached hydrogen (secondary N) is 1. The van der Waals surface area contributed by atoms with Crippen LogP contribution in [0.5, 0.6) is 0 Å². The molecule has 1 N–H and O–H groups in total. The Bertz CT molecular complexity index is 428. The molecule has 18 heavy (non-hydrogen) atoms. The highest BCUT2D eigenvalue weighted by molar-refractivity contribution is 7.98. The molecule has 0 aliphatic heterocycles. The van der Waals surface area contributed by atoms with Gasteiger partial charge < -0.3 is 0 Å². The lowest BCUT2D eigenvalue weighted by Crippen LogP contribution is -2.38. The second-order valence-corrected chi connectivity index (χ2v) is 5.10. The molecule has 0 saturated heterocycles. The minimum Gasteiger partial charge on any atom is -0.254 e. The molecule has 1 aliphatic carbocycles. The van der Waals surface area contributed by atoms with Crippen LogP contribution in [0.2, 0.25) is 0 Å². The first-order valence-corrected chi connectivity index (χ1v) is 6.12. The van der Waals surface area contributed by atoms with Crippen LogP contribution >= 0.6 is 11.9 Å². The summed E-state index contributed by atoms with van der Waals surface area (Å²) >= 11 is -0.296. The fraction of sp³-hybridized carbons (Fsp3) is 0.455. The van der Waals surface area contributed by atoms with Crippen LogP contribution in [0.25, 0.3) is 0 Å². The minimum atomic E-state index is -4.32. The second kappa shape index (κ2) is 5.05. The molecule has 0 unspecified atom stereocenters. The predicted molar refractivity (Wildman–Crippen MR) is 58.9 cm³/mol. The third kappa shape index (κ3) is 3.35. The largest absolute Gasteiger partial charge is 0.456 e. The van der Waals surface area contributed by atoms with E-state index in [4.69, 9.17) is 0 Å². The molecule has 1 nitrogen and oxygen atoms in total. The van der Waals surface area contributed by atoms with Gasteiger partial charge in [-0.3, -0.25) is 4.72 Å². The number of hydrogen-bond donors (Lipinski definition) is 1. The highest BCUT2D eigenvalue weighted by Gasteiger charge is 2.36. The number of benzene rings is 1. The summed E-state index contributed by atoms with van der Waals surface area (Å²) in [5.41, 5.74) is -4.08. The molecule has 0 amide bonds. The Labute approximate surface area is 105 Å². The van der Waals surface area contributed by atoms with E-state index in [9.17, 15) is 22.0 Å². The first kappa shape index (κ1) is 13.6. The van der Waals surface area contributed by atoms with Crippen LogP contribution in [-0.4, -0.2) is 11.6 Å². The maximum Gasteiger partial charge on any atom is 0.456 e. The van der Waals surface area contributed by atoms with E-state index in [-0.39, 0.29) is 29.5 Å². The Kier molecular flexibility index (Phi) is 3.82. The van der Waals surface area contributed by atoms with Crippen LogP contribution in [0, 0.1) is 11.6 Å². The first-order chi connectivity index (χ1) is 8.35. The van der Waals surface area contributed by atoms with Gasteiger partial charge in [-0.25, -0.2) is 8.78 Å². The van der Waals surface area contributed by atoms with E-state index in [2.05, 4.69) is 4.72 Å². The SMILES string of the molecule is Fc1ccc(F)c(C2CC(NSC(F)(F)F)C2)c1. The number of hydrogen-bond acceptors (Lipinski definition) is 2. The van der Waals surface area contributed by atoms with Crippen molar-refractivity contribution in [1.82, 2.24) is 4.72 Å². The van der Waals surface area contributed by atoms with Gasteiger partial charge >= 0.3 is 5.51 Å². The van der Waals surface area contributed by atoms with E-state index in [0.717, 1.165) is 18.2 Å². The van der Waals surface area contributed by atoms with E-state index < -0.39 is 17.1 Å². The quantitative estimate of drug-likeness (QED) is 0.665. The van der Waals surface area contributed by atoms with Gasteiger partial charge in [0.15, 0.2) is 0 Å². The zero-order chi connectivity index (χ0) is 13.3. The molecule has 0 spiro atoms. The second-order valence-electron chi connectivity index (χ2n) is 4.20. The molecule has 1 aromatic rings. The number of rotatable bonds is 3. The fourth-order valence-electron chi connectivity index (χ4n) is 1.95. The van der Waals surface area contributed by atoms with Crippen molar-refractivity contribution in [3.05, 3.63) is 35.4 Å². The lowest BCUT2D eigenvalue weighted by Gasteiger charge is -2.36. The molecular weight excluding hydrogens is 273 g/mol. The number of halogens is 5. The van der Waals surface area contributed by atoms with Gasteiger partial charge in [0.25, 0.3) is 0 Å². The van der Waals surface area contributed by atoms with E-state index in [1.54, 1.807) is 0 Å². The summed E-state index contributed by atoms with van der Waals surface area (Å²) < 4.78 is 64.3. The van der Waals surface area contributed by atoms with Crippen LogP contribution in [0.1, 0.15) is 24.3 Å². The van der Waals surface area contributed by atoms with Gasteiger partial charge in [0.2, 0.25) is 0 Å². The van der Waals surface area contributed by atoms with E-state index in [1.165, 1.54) is 0 Å². The van der Waals surface area contributed by atoms with E-state index >= 15 is 0 Å². The summed E-state index contributed by atoms with van der Waals surface area (Å²) in [5.74, 6) is -1.26. The summed E-state index contributed by atoms with van der Waals surface area (Å²) in [6.45, 7) is 0. The third-order valence-electron chi connectivity index (χ3n) is 2.88. The molecule has 100 valence electrons. The van der Waals surface area contributed by atoms with Gasteiger partial charge in [0.05, 0.1) is 0 Å². The minimum absolute atomic E-state index is 0.216. The summed E-state index contributed by atoms with van der Waals surface area (Å²) in [7, 11) is 0. The monoisotopic (exact) mass is 283 g/mol. The molecule has 0 heterocycles. The molecule has 1 aliphatic rings. The number of alkyl halides is 3. The van der Waals surface area contributed by atoms with Crippen molar-refractivity contribution in [2.75, 3.05) is 0 Å². The summed E-state index contributed by atoms with van der Waals surface area (Å²) in [6, 6.07) is 2.85. The Morgan fingerprint density at radius 1 is 1.17 bits per heavy atom. The average Bonchev–Trinajstić information content (AvgIpc) is 2.19. The average molecular weight is 283 g/mol. The fourth-order valence-corrected chi connectivity index (χ4v) is 2.44. The van der Waals surface area contributed by atoms with Gasteiger partial charge in [-0.15, -0.1) is 0 Å². The van der Waals surface area contributed by atoms with Crippen molar-refractivity contribution < 1.29 is 22.0 Å². The standard InChI is InChI=1S/C11H10F5NS/c12-7-1-2-10(13)9(5-7)6-3-8(4-6)17-18-11(14,15)16/h1-2,5-6,8,17H,3-4H2. The van der Waals surface area contributed by atoms with Crippen molar-refractivity contribution in [2.24, 2.45) is 0 Å². The van der Waals surface area contributed by atoms with Crippen molar-refractivity contribution in [1.29, 1.82) is 0 Å². The van der Waals surface area contributed by atoms with Crippen LogP contribution in [0.3, 0.4) is 0 Å². The highest BCUT2D eigenvalue weighted by Crippen LogP contribution is 2.40. The van der Waals surface area contributed by atoms with Crippen molar-refractivity contribution in [3.8, 4) is 0 Å². The van der Waals surface area contributed by atoms with Crippen LogP contribution < -0.4 is 4.72 Å². The maximum absolute atomic E-state index is 13.4. The topological polar surface area (TPSA) is 12.0 Å². The summed E-state index contributed by atoms with van der Waals surface area (Å²) in [6.07, 6.45) is 0.757. The molecule has 7 heteroatoms. The lowest BCUT2D eigenvalue weighted by atomic mass is 9.76. The molecule has 1 aromatic carbocycles. The van der Waals surface area contributed by atoms with Crippen LogP contribution in [0.4, 0.5) is 22.0 Å². The molecule has 0 aromatic heterocycles. The zero-order valence-corrected chi connectivity index (χ0v) is 9.92. The van der Waals surface area contributed by atoms with E-state index in [1.807, 2.05) is 0 Å². The molecule has 0 radical (unpaired) electrons. The lowest BCUT2D eigenvalue weighted by molar-refractivity contribution is -0.0340. The van der Waals surface area contributed by atoms with Crippen LogP contribution in [0.15, 0.2) is 18.2 Å². The van der Waals surface area contributed by atoms with E-state index in [0.29, 0.717) is 12.8 Å². The molecule has 2 rings (SSSR count). The summed E-state index contributed by atoms with van der Waals surface area (Å²) in [5, 5.41) is 0. The van der Waals surface area contributed by atoms with Crippen LogP contribution in [-0.2, 0) is 0 Å². The van der Waals surface area contributed by atoms with Crippen molar-refractivity contribution in [3.63, 3.8) is 0 Å². The molecule has 0 bridgehead atoms. The molecule has 0 atom stereocenters. The Morgan fingerprint density at radius 3 is 2.44 bits per heavy atom. The zero-order valence-electron chi connectivity index (χ0n) is 9.10. The molecule has 1 fully saturated rings. The molecule has 1 saturated carbocycles. The van der Waals surface area contributed by atoms with Gasteiger partial charge in [-0.05, 0) is 42.5 Å². The third-order valence-corrected chi connectivity index (χ3v) is 3.56. The summed E-state index contributed by atoms with van der Waals surface area (Å²) in [4.78, 5) is 0. The van der Waals surface area contributed by atoms with Crippen molar-refractivity contribution in [2.45, 2.75) is 30.3 Å². The normalized spacial score (nSPS) is 23.8. The smallest absolute Gasteiger partial charge is 0.254 e. The highest BCUT2D eigenvalue weighted by atomic mass is 32.2. The maximum atomic E-state index is 13.4. The van der Waals surface area contributed by atoms with Gasteiger partial charge in [-0.2, -0.15) is 13.2 Å². The molecular formula is C11H10F5NS. The Hall–Kier alpha value is -0.820. The van der Waals surface area contributed by atoms with Gasteiger partial charge in [-0.1, -0.05) is 0 Å². The predicted octanol–water partition coefficient (Wildman–Crippen LogP) is 3.97. The van der Waals surface area contributed by atoms with Crippen molar-refractivity contribution >= 4 is 11.9 Å².